The third-order valence-corrected chi connectivity index (χ3v) is 4.79. The first-order valence-electron chi connectivity index (χ1n) is 8.47. The molecule has 23 heavy (non-hydrogen) atoms. The zero-order valence-electron chi connectivity index (χ0n) is 13.8. The quantitative estimate of drug-likeness (QED) is 0.721. The van der Waals surface area contributed by atoms with Crippen molar-refractivity contribution in [3.63, 3.8) is 0 Å². The molecule has 2 aromatic carbocycles. The molecule has 1 aliphatic rings. The van der Waals surface area contributed by atoms with E-state index in [4.69, 9.17) is 11.6 Å². The number of hydrogen-bond acceptors (Lipinski definition) is 2. The zero-order valence-corrected chi connectivity index (χ0v) is 14.6. The maximum atomic E-state index is 5.83. The van der Waals surface area contributed by atoms with Gasteiger partial charge in [-0.15, -0.1) is 11.6 Å². The molecule has 2 nitrogen and oxygen atoms in total. The summed E-state index contributed by atoms with van der Waals surface area (Å²) in [5, 5.41) is 0. The number of hydrogen-bond donors (Lipinski definition) is 0. The predicted molar refractivity (Wildman–Crippen MR) is 100 cm³/mol. The van der Waals surface area contributed by atoms with Gasteiger partial charge in [0.25, 0.3) is 0 Å². The molecule has 0 radical (unpaired) electrons. The highest BCUT2D eigenvalue weighted by atomic mass is 35.5. The maximum absolute atomic E-state index is 5.83. The molecule has 0 amide bonds. The molecule has 0 N–H and O–H groups in total. The lowest BCUT2D eigenvalue weighted by Crippen LogP contribution is -2.27. The summed E-state index contributed by atoms with van der Waals surface area (Å²) in [6.07, 6.45) is 3.38. The summed E-state index contributed by atoms with van der Waals surface area (Å²) >= 11 is 5.83. The second kappa shape index (κ2) is 7.85. The molecule has 122 valence electrons. The van der Waals surface area contributed by atoms with Crippen molar-refractivity contribution in [2.75, 3.05) is 37.5 Å². The number of nitrogens with zero attached hydrogens (tertiary/aromatic N) is 2. The highest BCUT2D eigenvalue weighted by Crippen LogP contribution is 2.35. The Balaban J connectivity index is 1.82. The van der Waals surface area contributed by atoms with Crippen LogP contribution in [0.5, 0.6) is 0 Å². The molecule has 3 heteroatoms. The molecular formula is C20H25ClN2. The Hall–Kier alpha value is -1.51. The van der Waals surface area contributed by atoms with Crippen molar-refractivity contribution in [1.82, 2.24) is 4.90 Å². The van der Waals surface area contributed by atoms with Gasteiger partial charge in [0, 0.05) is 30.3 Å². The van der Waals surface area contributed by atoms with Crippen LogP contribution in [0.4, 0.5) is 11.4 Å². The molecule has 0 atom stereocenters. The van der Waals surface area contributed by atoms with Gasteiger partial charge in [-0.25, -0.2) is 0 Å². The second-order valence-electron chi connectivity index (χ2n) is 6.25. The lowest BCUT2D eigenvalue weighted by Gasteiger charge is -2.28. The predicted octanol–water partition coefficient (Wildman–Crippen LogP) is 4.48. The van der Waals surface area contributed by atoms with Crippen molar-refractivity contribution in [2.24, 2.45) is 0 Å². The molecule has 1 heterocycles. The molecule has 0 unspecified atom stereocenters. The Bertz CT molecular complexity index is 594. The highest BCUT2D eigenvalue weighted by molar-refractivity contribution is 6.18. The maximum Gasteiger partial charge on any atom is 0.0443 e. The standard InChI is InChI=1S/C20H25ClN2/c1-22(16-13-21)14-6-15-23-19-9-4-2-7-17(19)11-12-18-8-3-5-10-20(18)23/h2-5,7-10H,6,11-16H2,1H3. The molecule has 0 saturated heterocycles. The van der Waals surface area contributed by atoms with Crippen LogP contribution in [0, 0.1) is 0 Å². The molecule has 0 spiro atoms. The van der Waals surface area contributed by atoms with Crippen LogP contribution in [-0.4, -0.2) is 37.5 Å². The van der Waals surface area contributed by atoms with E-state index in [0.29, 0.717) is 5.88 Å². The molecule has 0 aliphatic carbocycles. The normalized spacial score (nSPS) is 13.6. The molecule has 0 bridgehead atoms. The number of aryl methyl sites for hydroxylation is 2. The Morgan fingerprint density at radius 3 is 2.04 bits per heavy atom. The van der Waals surface area contributed by atoms with Gasteiger partial charge in [-0.1, -0.05) is 36.4 Å². The van der Waals surface area contributed by atoms with Gasteiger partial charge in [-0.2, -0.15) is 0 Å². The van der Waals surface area contributed by atoms with Crippen molar-refractivity contribution in [2.45, 2.75) is 19.3 Å². The van der Waals surface area contributed by atoms with Crippen LogP contribution in [0.3, 0.4) is 0 Å². The molecule has 0 saturated carbocycles. The minimum Gasteiger partial charge on any atom is -0.341 e. The summed E-state index contributed by atoms with van der Waals surface area (Å²) in [4.78, 5) is 4.81. The fourth-order valence-electron chi connectivity index (χ4n) is 3.37. The first-order chi connectivity index (χ1) is 11.3. The lowest BCUT2D eigenvalue weighted by atomic mass is 10.0. The topological polar surface area (TPSA) is 6.48 Å². The first-order valence-corrected chi connectivity index (χ1v) is 9.01. The number of para-hydroxylation sites is 2. The van der Waals surface area contributed by atoms with Crippen LogP contribution in [0.1, 0.15) is 17.5 Å². The van der Waals surface area contributed by atoms with Crippen molar-refractivity contribution in [1.29, 1.82) is 0 Å². The van der Waals surface area contributed by atoms with Crippen molar-refractivity contribution in [3.8, 4) is 0 Å². The summed E-state index contributed by atoms with van der Waals surface area (Å²) in [5.41, 5.74) is 5.66. The fraction of sp³-hybridized carbons (Fsp3) is 0.400. The van der Waals surface area contributed by atoms with Gasteiger partial charge < -0.3 is 9.80 Å². The Labute approximate surface area is 144 Å². The molecule has 1 aliphatic heterocycles. The van der Waals surface area contributed by atoms with Gasteiger partial charge >= 0.3 is 0 Å². The van der Waals surface area contributed by atoms with E-state index in [-0.39, 0.29) is 0 Å². The van der Waals surface area contributed by atoms with Gasteiger partial charge in [0.15, 0.2) is 0 Å². The third-order valence-electron chi connectivity index (χ3n) is 4.62. The number of benzene rings is 2. The van der Waals surface area contributed by atoms with Gasteiger partial charge in [-0.05, 0) is 56.1 Å². The average Bonchev–Trinajstić information content (AvgIpc) is 2.73. The van der Waals surface area contributed by atoms with Gasteiger partial charge in [0.2, 0.25) is 0 Å². The smallest absolute Gasteiger partial charge is 0.0443 e. The molecule has 0 aromatic heterocycles. The second-order valence-corrected chi connectivity index (χ2v) is 6.63. The third kappa shape index (κ3) is 3.88. The molecule has 2 aromatic rings. The van der Waals surface area contributed by atoms with Crippen LogP contribution >= 0.6 is 11.6 Å². The highest BCUT2D eigenvalue weighted by Gasteiger charge is 2.19. The van der Waals surface area contributed by atoms with Crippen LogP contribution in [0.2, 0.25) is 0 Å². The van der Waals surface area contributed by atoms with Crippen molar-refractivity contribution in [3.05, 3.63) is 59.7 Å². The Morgan fingerprint density at radius 1 is 0.913 bits per heavy atom. The molecular weight excluding hydrogens is 304 g/mol. The van der Waals surface area contributed by atoms with E-state index in [9.17, 15) is 0 Å². The van der Waals surface area contributed by atoms with E-state index in [1.807, 2.05) is 0 Å². The Morgan fingerprint density at radius 2 is 1.48 bits per heavy atom. The first kappa shape index (κ1) is 16.4. The number of fused-ring (bicyclic) bond motifs is 2. The number of halogens is 1. The molecule has 3 rings (SSSR count). The van der Waals surface area contributed by atoms with Crippen molar-refractivity contribution >= 4 is 23.0 Å². The van der Waals surface area contributed by atoms with Gasteiger partial charge in [-0.3, -0.25) is 0 Å². The summed E-state index contributed by atoms with van der Waals surface area (Å²) in [6, 6.07) is 17.7. The van der Waals surface area contributed by atoms with Gasteiger partial charge in [0.05, 0.1) is 0 Å². The van der Waals surface area contributed by atoms with E-state index in [1.165, 1.54) is 22.5 Å². The lowest BCUT2D eigenvalue weighted by molar-refractivity contribution is 0.351. The van der Waals surface area contributed by atoms with E-state index < -0.39 is 0 Å². The monoisotopic (exact) mass is 328 g/mol. The fourth-order valence-corrected chi connectivity index (χ4v) is 3.65. The minimum absolute atomic E-state index is 0.700. The SMILES string of the molecule is CN(CCCl)CCCN1c2ccccc2CCc2ccccc21. The van der Waals surface area contributed by atoms with E-state index in [2.05, 4.69) is 65.4 Å². The van der Waals surface area contributed by atoms with Crippen LogP contribution in [-0.2, 0) is 12.8 Å². The van der Waals surface area contributed by atoms with E-state index >= 15 is 0 Å². The minimum atomic E-state index is 0.700. The van der Waals surface area contributed by atoms with E-state index in [1.54, 1.807) is 0 Å². The Kier molecular flexibility index (Phi) is 5.58. The summed E-state index contributed by atoms with van der Waals surface area (Å²) in [6.45, 7) is 3.07. The number of rotatable bonds is 6. The average molecular weight is 329 g/mol. The van der Waals surface area contributed by atoms with Crippen LogP contribution < -0.4 is 4.90 Å². The van der Waals surface area contributed by atoms with Crippen molar-refractivity contribution < 1.29 is 0 Å². The number of alkyl halides is 1. The van der Waals surface area contributed by atoms with Gasteiger partial charge in [0.1, 0.15) is 0 Å². The summed E-state index contributed by atoms with van der Waals surface area (Å²) in [5.74, 6) is 0.700. The largest absolute Gasteiger partial charge is 0.341 e. The summed E-state index contributed by atoms with van der Waals surface area (Å²) < 4.78 is 0. The number of anilines is 2. The molecule has 0 fully saturated rings. The van der Waals surface area contributed by atoms with Crippen LogP contribution in [0.15, 0.2) is 48.5 Å². The zero-order chi connectivity index (χ0) is 16.1. The van der Waals surface area contributed by atoms with Crippen LogP contribution in [0.25, 0.3) is 0 Å². The summed E-state index contributed by atoms with van der Waals surface area (Å²) in [7, 11) is 2.15. The van der Waals surface area contributed by atoms with E-state index in [0.717, 1.165) is 38.9 Å².